The number of carboxylic acids is 1. The van der Waals surface area contributed by atoms with Crippen molar-refractivity contribution in [3.05, 3.63) is 82.7 Å². The molecular weight excluding hydrogens is 1200 g/mol. The second kappa shape index (κ2) is 29.6. The van der Waals surface area contributed by atoms with Crippen molar-refractivity contribution in [2.24, 2.45) is 0 Å². The number of fused-ring (bicyclic) bond motifs is 3. The van der Waals surface area contributed by atoms with Crippen LogP contribution in [-0.4, -0.2) is 144 Å². The number of hydrogen-bond donors (Lipinski definition) is 8. The third-order valence-corrected chi connectivity index (χ3v) is 19.9. The minimum Gasteiger partial charge on any atom is -0.478 e. The van der Waals surface area contributed by atoms with E-state index in [0.717, 1.165) is 0 Å². The lowest BCUT2D eigenvalue weighted by molar-refractivity contribution is -0.120. The summed E-state index contributed by atoms with van der Waals surface area (Å²) >= 11 is 0. The average molecular weight is 1270 g/mol. The molecule has 4 heterocycles. The number of phosphoric ester groups is 1. The normalized spacial score (nSPS) is 17.3. The molecule has 0 spiro atoms. The predicted octanol–water partition coefficient (Wildman–Crippen LogP) is 7.91. The summed E-state index contributed by atoms with van der Waals surface area (Å²) in [4.78, 5) is 88.4. The van der Waals surface area contributed by atoms with Crippen LogP contribution in [0.15, 0.2) is 59.5 Å². The van der Waals surface area contributed by atoms with Crippen LogP contribution in [0.3, 0.4) is 0 Å². The van der Waals surface area contributed by atoms with Gasteiger partial charge in [0.2, 0.25) is 0 Å². The van der Waals surface area contributed by atoms with E-state index in [-0.39, 0.29) is 77.0 Å². The van der Waals surface area contributed by atoms with Gasteiger partial charge >= 0.3 is 29.4 Å². The maximum atomic E-state index is 13.3. The summed E-state index contributed by atoms with van der Waals surface area (Å²) < 4.78 is 89.9. The Kier molecular flexibility index (Phi) is 23.4. The molecule has 5 atom stereocenters. The minimum atomic E-state index is -5.76. The number of ether oxygens (including phenoxy) is 6. The fourth-order valence-corrected chi connectivity index (χ4v) is 14.1. The second-order valence-corrected chi connectivity index (χ2v) is 27.1. The van der Waals surface area contributed by atoms with Crippen molar-refractivity contribution in [1.29, 1.82) is 5.41 Å². The lowest BCUT2D eigenvalue weighted by atomic mass is 9.87. The summed E-state index contributed by atoms with van der Waals surface area (Å²) in [7, 11) is -14.0. The molecule has 33 heteroatoms. The molecule has 0 radical (unpaired) electrons. The maximum absolute atomic E-state index is 13.3. The number of nitrogens with two attached hydrogens (primary N) is 2. The number of carbonyl (C=O) groups is 3. The molecule has 28 nitrogen and oxygen atoms in total. The molecule has 4 aromatic rings. The monoisotopic (exact) mass is 1270 g/mol. The number of aromatic nitrogens is 4. The topological polar surface area (TPSA) is 419 Å². The van der Waals surface area contributed by atoms with Crippen molar-refractivity contribution in [3.63, 3.8) is 0 Å². The fourth-order valence-electron chi connectivity index (χ4n) is 8.79. The van der Waals surface area contributed by atoms with Crippen LogP contribution >= 0.6 is 45.1 Å². The van der Waals surface area contributed by atoms with Gasteiger partial charge in [0.25, 0.3) is 0 Å². The number of phosphoric acid groups is 3. The Morgan fingerprint density at radius 2 is 1.50 bits per heavy atom. The standard InChI is InChI=1S/C51H66N7O21P3S2/c1-30-38(52)11-9-35-44(36-10-12-39(53)31(2)47(36)77-46(30)35)34-8-7-32(24-37(34)50(61)62)40(60)6-5-16-70-18-20-72-22-23-73-21-19-71-17-14-33(59)13-15-51(3,4)84-83-29-74-41-25-43(58-28-57-45-48(54)55-27-56-49(45)58)76-42(41)26-75-81(66,67)79-82(68,69)78-80(63,64)65/h7-12,24,27-28,41-43,52H,5-6,13-23,25-26,29,53H2,1-4H3,(H,61,62)(H,66,67)(H,68,69)(H2,54,55,56)(H2,63,64,65)/t41?,42-,43-/m1/s1. The van der Waals surface area contributed by atoms with E-state index in [9.17, 15) is 43.0 Å². The number of benzene rings is 3. The van der Waals surface area contributed by atoms with E-state index in [1.807, 2.05) is 20.8 Å². The highest BCUT2D eigenvalue weighted by molar-refractivity contribution is 8.77. The molecular formula is C51H66N7O21P3S2. The number of rotatable bonds is 35. The van der Waals surface area contributed by atoms with Crippen molar-refractivity contribution in [2.45, 2.75) is 89.4 Å². The second-order valence-electron chi connectivity index (χ2n) is 19.7. The summed E-state index contributed by atoms with van der Waals surface area (Å²) in [6.07, 6.45) is 1.65. The van der Waals surface area contributed by atoms with Crippen molar-refractivity contribution >= 4 is 96.2 Å². The number of imidazole rings is 1. The Morgan fingerprint density at radius 3 is 2.19 bits per heavy atom. The van der Waals surface area contributed by atoms with E-state index in [1.54, 1.807) is 47.9 Å². The summed E-state index contributed by atoms with van der Waals surface area (Å²) in [6.45, 7) is 9.11. The van der Waals surface area contributed by atoms with Gasteiger partial charge in [-0.05, 0) is 76.4 Å². The highest BCUT2D eigenvalue weighted by atomic mass is 33.1. The number of nitrogen functional groups attached to an aromatic ring is 2. The lowest BCUT2D eigenvalue weighted by Crippen LogP contribution is -2.29. The predicted molar refractivity (Wildman–Crippen MR) is 308 cm³/mol. The average Bonchev–Trinajstić information content (AvgIpc) is 1.14. The van der Waals surface area contributed by atoms with E-state index in [2.05, 4.69) is 23.6 Å². The molecule has 3 unspecified atom stereocenters. The summed E-state index contributed by atoms with van der Waals surface area (Å²) in [6, 6.07) is 11.6. The molecule has 1 saturated heterocycles. The number of carboxylic acid groups (broad SMARTS) is 1. The van der Waals surface area contributed by atoms with E-state index >= 15 is 0 Å². The van der Waals surface area contributed by atoms with Gasteiger partial charge in [0.05, 0.1) is 76.2 Å². The van der Waals surface area contributed by atoms with Crippen LogP contribution in [0.5, 0.6) is 0 Å². The zero-order chi connectivity index (χ0) is 61.0. The Labute approximate surface area is 489 Å². The van der Waals surface area contributed by atoms with Crippen LogP contribution in [0.4, 0.5) is 11.5 Å². The van der Waals surface area contributed by atoms with Crippen LogP contribution in [0.2, 0.25) is 0 Å². The minimum absolute atomic E-state index is 0.0198. The van der Waals surface area contributed by atoms with E-state index in [4.69, 9.17) is 64.0 Å². The summed E-state index contributed by atoms with van der Waals surface area (Å²) in [5, 5.41) is 19.7. The molecule has 84 heavy (non-hydrogen) atoms. The zero-order valence-corrected chi connectivity index (χ0v) is 50.4. The fraction of sp³-hybridized carbons (Fsp3) is 0.471. The Morgan fingerprint density at radius 1 is 0.821 bits per heavy atom. The smallest absolute Gasteiger partial charge is 0.478 e. The third kappa shape index (κ3) is 18.5. The number of carbonyl (C=O) groups excluding carboxylic acids is 2. The quantitative estimate of drug-likeness (QED) is 0.00356. The molecule has 1 aliphatic carbocycles. The van der Waals surface area contributed by atoms with E-state index in [0.29, 0.717) is 120 Å². The highest BCUT2D eigenvalue weighted by Crippen LogP contribution is 2.66. The Balaban J connectivity index is 0.733. The zero-order valence-electron chi connectivity index (χ0n) is 46.1. The lowest BCUT2D eigenvalue weighted by Gasteiger charge is -2.24. The van der Waals surface area contributed by atoms with Gasteiger partial charge in [0, 0.05) is 75.9 Å². The molecule has 0 amide bonds. The van der Waals surface area contributed by atoms with Crippen molar-refractivity contribution in [2.75, 3.05) is 76.9 Å². The largest absolute Gasteiger partial charge is 0.490 e. The summed E-state index contributed by atoms with van der Waals surface area (Å²) in [5.74, 6) is -0.769. The maximum Gasteiger partial charge on any atom is 0.490 e. The number of Topliss-reactive ketones (excluding diaryl/α,β-unsaturated/α-hetero) is 2. The number of nitrogens with zero attached hydrogens (tertiary/aromatic N) is 4. The van der Waals surface area contributed by atoms with Gasteiger partial charge in [-0.2, -0.15) is 8.62 Å². The van der Waals surface area contributed by atoms with Crippen LogP contribution in [0.1, 0.15) is 90.4 Å². The first-order valence-electron chi connectivity index (χ1n) is 26.1. The first-order valence-corrected chi connectivity index (χ1v) is 32.9. The molecule has 2 aromatic carbocycles. The van der Waals surface area contributed by atoms with Gasteiger partial charge in [0.1, 0.15) is 47.2 Å². The number of aromatic carboxylic acids is 1. The third-order valence-electron chi connectivity index (χ3n) is 13.1. The molecule has 0 saturated carbocycles. The first kappa shape index (κ1) is 66.5. The molecule has 1 fully saturated rings. The number of nitrogens with one attached hydrogen (secondary N) is 1. The number of anilines is 2. The molecule has 7 rings (SSSR count). The van der Waals surface area contributed by atoms with Crippen molar-refractivity contribution in [1.82, 2.24) is 19.5 Å². The van der Waals surface area contributed by atoms with Crippen LogP contribution in [0.25, 0.3) is 44.6 Å². The SMILES string of the molecule is Cc1c2oc3c(C)c(N)ccc3c(-c3ccc(C(=O)CCCOCCOCCOCCOCCC(=O)CCC(C)(C)SSCOC4C[C@H](n5cnc6c(N)ncnc65)O[C@@H]4COP(=O)(O)OP(=O)(O)OP(=O)(O)O)cc3C(=O)O)c-2ccc1=N. The highest BCUT2D eigenvalue weighted by Gasteiger charge is 2.44. The van der Waals surface area contributed by atoms with Gasteiger partial charge in [-0.1, -0.05) is 33.7 Å². The number of ketones is 2. The first-order chi connectivity index (χ1) is 39.7. The van der Waals surface area contributed by atoms with Gasteiger partial charge in [0.15, 0.2) is 17.2 Å². The molecule has 458 valence electrons. The van der Waals surface area contributed by atoms with Crippen LogP contribution in [-0.2, 0) is 60.1 Å². The van der Waals surface area contributed by atoms with Crippen LogP contribution < -0.4 is 16.8 Å². The van der Waals surface area contributed by atoms with E-state index < -0.39 is 54.5 Å². The number of hydrogen-bond acceptors (Lipinski definition) is 24. The molecule has 2 aromatic heterocycles. The molecule has 2 aliphatic heterocycles. The Hall–Kier alpha value is -5.04. The van der Waals surface area contributed by atoms with Crippen molar-refractivity contribution < 1.29 is 98.7 Å². The van der Waals surface area contributed by atoms with Gasteiger partial charge < -0.3 is 74.4 Å². The summed E-state index contributed by atoms with van der Waals surface area (Å²) in [5.41, 5.74) is 16.9. The van der Waals surface area contributed by atoms with E-state index in [1.165, 1.54) is 40.3 Å². The van der Waals surface area contributed by atoms with Gasteiger partial charge in [-0.3, -0.25) is 18.7 Å². The van der Waals surface area contributed by atoms with Crippen molar-refractivity contribution in [3.8, 4) is 22.5 Å². The van der Waals surface area contributed by atoms with Gasteiger partial charge in [-0.15, -0.1) is 0 Å². The number of aryl methyl sites for hydroxylation is 1. The Bertz CT molecular complexity index is 3490. The van der Waals surface area contributed by atoms with Crippen LogP contribution in [0, 0.1) is 19.3 Å². The molecule has 0 bridgehead atoms. The van der Waals surface area contributed by atoms with Gasteiger partial charge in [-0.25, -0.2) is 33.4 Å². The molecule has 3 aliphatic rings. The molecule has 10 N–H and O–H groups in total.